The molecule has 0 radical (unpaired) electrons. The third-order valence-corrected chi connectivity index (χ3v) is 5.41. The molecule has 28 heavy (non-hydrogen) atoms. The van der Waals surface area contributed by atoms with Gasteiger partial charge in [0.25, 0.3) is 0 Å². The summed E-state index contributed by atoms with van der Waals surface area (Å²) in [6.07, 6.45) is 3.12. The van der Waals surface area contributed by atoms with Crippen LogP contribution in [0.15, 0.2) is 29.6 Å². The van der Waals surface area contributed by atoms with E-state index >= 15 is 0 Å². The highest BCUT2D eigenvalue weighted by Gasteiger charge is 2.24. The van der Waals surface area contributed by atoms with Gasteiger partial charge in [-0.2, -0.15) is 0 Å². The molecule has 1 amide bonds. The van der Waals surface area contributed by atoms with Crippen molar-refractivity contribution in [2.75, 3.05) is 6.54 Å². The maximum atomic E-state index is 13.2. The molecule has 1 atom stereocenters. The van der Waals surface area contributed by atoms with Crippen molar-refractivity contribution in [1.82, 2.24) is 30.5 Å². The number of thiazole rings is 1. The molecule has 0 saturated heterocycles. The number of unbranched alkanes of at least 4 members (excludes halogenated alkanes) is 1. The fraction of sp³-hybridized carbons (Fsp3) is 0.421. The Labute approximate surface area is 167 Å². The van der Waals surface area contributed by atoms with Gasteiger partial charge in [0.15, 0.2) is 0 Å². The average molecular weight is 402 g/mol. The third kappa shape index (κ3) is 5.41. The zero-order chi connectivity index (χ0) is 19.9. The van der Waals surface area contributed by atoms with Crippen molar-refractivity contribution in [2.45, 2.75) is 45.6 Å². The molecule has 1 unspecified atom stereocenters. The van der Waals surface area contributed by atoms with E-state index < -0.39 is 6.04 Å². The number of amides is 1. The lowest BCUT2D eigenvalue weighted by molar-refractivity contribution is -0.124. The minimum absolute atomic E-state index is 0.148. The Morgan fingerprint density at radius 2 is 2.04 bits per heavy atom. The SMILES string of the molecule is Cc1csc(CCCCNC(=O)C(Cc2ccc(F)cc2)n2nnnc2C)n1. The molecule has 0 saturated carbocycles. The Balaban J connectivity index is 1.55. The number of aryl methyl sites for hydroxylation is 3. The topological polar surface area (TPSA) is 85.6 Å². The van der Waals surface area contributed by atoms with Crippen molar-refractivity contribution in [2.24, 2.45) is 0 Å². The summed E-state index contributed by atoms with van der Waals surface area (Å²) in [7, 11) is 0. The van der Waals surface area contributed by atoms with Gasteiger partial charge in [0, 0.05) is 24.0 Å². The van der Waals surface area contributed by atoms with Crippen LogP contribution in [-0.2, 0) is 17.6 Å². The molecule has 1 aromatic carbocycles. The molecular weight excluding hydrogens is 379 g/mol. The summed E-state index contributed by atoms with van der Waals surface area (Å²) >= 11 is 1.67. The first-order chi connectivity index (χ1) is 13.5. The number of rotatable bonds is 9. The van der Waals surface area contributed by atoms with Gasteiger partial charge in [0.2, 0.25) is 5.91 Å². The van der Waals surface area contributed by atoms with Crippen molar-refractivity contribution < 1.29 is 9.18 Å². The second-order valence-electron chi connectivity index (χ2n) is 6.65. The molecule has 0 bridgehead atoms. The highest BCUT2D eigenvalue weighted by atomic mass is 32.1. The fourth-order valence-electron chi connectivity index (χ4n) is 2.91. The molecule has 0 aliphatic rings. The lowest BCUT2D eigenvalue weighted by atomic mass is 10.0. The summed E-state index contributed by atoms with van der Waals surface area (Å²) in [5.74, 6) is 0.102. The van der Waals surface area contributed by atoms with Crippen LogP contribution >= 0.6 is 11.3 Å². The van der Waals surface area contributed by atoms with E-state index in [1.54, 1.807) is 30.4 Å². The van der Waals surface area contributed by atoms with Crippen molar-refractivity contribution >= 4 is 17.2 Å². The molecule has 2 heterocycles. The quantitative estimate of drug-likeness (QED) is 0.556. The van der Waals surface area contributed by atoms with E-state index in [0.29, 0.717) is 18.8 Å². The maximum absolute atomic E-state index is 13.2. The van der Waals surface area contributed by atoms with Crippen LogP contribution in [0.1, 0.15) is 41.0 Å². The average Bonchev–Trinajstić information content (AvgIpc) is 3.29. The molecule has 1 N–H and O–H groups in total. The number of hydrogen-bond donors (Lipinski definition) is 1. The first-order valence-corrected chi connectivity index (χ1v) is 10.1. The Hall–Kier alpha value is -2.68. The maximum Gasteiger partial charge on any atom is 0.245 e. The number of hydrogen-bond acceptors (Lipinski definition) is 6. The summed E-state index contributed by atoms with van der Waals surface area (Å²) in [5, 5.41) is 17.6. The molecule has 3 aromatic rings. The Kier molecular flexibility index (Phi) is 6.80. The summed E-state index contributed by atoms with van der Waals surface area (Å²) in [6, 6.07) is 5.53. The van der Waals surface area contributed by atoms with E-state index in [2.05, 4.69) is 25.8 Å². The van der Waals surface area contributed by atoms with Crippen molar-refractivity contribution in [1.29, 1.82) is 0 Å². The number of nitrogens with zero attached hydrogens (tertiary/aromatic N) is 5. The fourth-order valence-corrected chi connectivity index (χ4v) is 3.73. The summed E-state index contributed by atoms with van der Waals surface area (Å²) in [4.78, 5) is 17.2. The highest BCUT2D eigenvalue weighted by Crippen LogP contribution is 2.16. The number of carbonyl (C=O) groups is 1. The van der Waals surface area contributed by atoms with Crippen LogP contribution in [0.3, 0.4) is 0 Å². The standard InChI is InChI=1S/C19H23FN6OS/c1-13-12-28-18(22-13)5-3-4-10-21-19(27)17(26-14(2)23-24-25-26)11-15-6-8-16(20)9-7-15/h6-9,12,17H,3-5,10-11H2,1-2H3,(H,21,27). The minimum atomic E-state index is -0.581. The molecular formula is C19H23FN6OS. The lowest BCUT2D eigenvalue weighted by Crippen LogP contribution is -2.35. The van der Waals surface area contributed by atoms with Gasteiger partial charge in [0.1, 0.15) is 17.7 Å². The van der Waals surface area contributed by atoms with Crippen molar-refractivity contribution in [3.63, 3.8) is 0 Å². The first kappa shape index (κ1) is 20.1. The van der Waals surface area contributed by atoms with E-state index in [1.165, 1.54) is 16.8 Å². The molecule has 9 heteroatoms. The van der Waals surface area contributed by atoms with Crippen LogP contribution in [0, 0.1) is 19.7 Å². The van der Waals surface area contributed by atoms with Gasteiger partial charge in [0.05, 0.1) is 5.01 Å². The Bertz CT molecular complexity index is 907. The van der Waals surface area contributed by atoms with Crippen LogP contribution < -0.4 is 5.32 Å². The van der Waals surface area contributed by atoms with Crippen molar-refractivity contribution in [3.8, 4) is 0 Å². The molecule has 0 aliphatic carbocycles. The van der Waals surface area contributed by atoms with Gasteiger partial charge >= 0.3 is 0 Å². The molecule has 0 fully saturated rings. The van der Waals surface area contributed by atoms with Gasteiger partial charge in [-0.3, -0.25) is 4.79 Å². The summed E-state index contributed by atoms with van der Waals surface area (Å²) in [6.45, 7) is 4.31. The monoisotopic (exact) mass is 402 g/mol. The predicted octanol–water partition coefficient (Wildman–Crippen LogP) is 2.81. The molecule has 2 aromatic heterocycles. The normalized spacial score (nSPS) is 12.1. The Morgan fingerprint density at radius 3 is 2.68 bits per heavy atom. The van der Waals surface area contributed by atoms with Crippen LogP contribution in [0.25, 0.3) is 0 Å². The summed E-state index contributed by atoms with van der Waals surface area (Å²) in [5.41, 5.74) is 1.89. The first-order valence-electron chi connectivity index (χ1n) is 9.20. The van der Waals surface area contributed by atoms with E-state index in [1.807, 2.05) is 12.3 Å². The number of carbonyl (C=O) groups excluding carboxylic acids is 1. The molecule has 0 aliphatic heterocycles. The summed E-state index contributed by atoms with van der Waals surface area (Å²) < 4.78 is 14.7. The minimum Gasteiger partial charge on any atom is -0.354 e. The number of tetrazole rings is 1. The van der Waals surface area contributed by atoms with Gasteiger partial charge < -0.3 is 5.32 Å². The number of benzene rings is 1. The van der Waals surface area contributed by atoms with Crippen LogP contribution in [0.5, 0.6) is 0 Å². The van der Waals surface area contributed by atoms with E-state index in [4.69, 9.17) is 0 Å². The number of halogens is 1. The second-order valence-corrected chi connectivity index (χ2v) is 7.59. The third-order valence-electron chi connectivity index (χ3n) is 4.38. The molecule has 7 nitrogen and oxygen atoms in total. The molecule has 148 valence electrons. The number of nitrogens with one attached hydrogen (secondary N) is 1. The second kappa shape index (κ2) is 9.50. The van der Waals surface area contributed by atoms with Crippen molar-refractivity contribution in [3.05, 3.63) is 57.6 Å². The Morgan fingerprint density at radius 1 is 1.25 bits per heavy atom. The van der Waals surface area contributed by atoms with Crippen LogP contribution in [0.4, 0.5) is 4.39 Å². The van der Waals surface area contributed by atoms with Crippen LogP contribution in [0.2, 0.25) is 0 Å². The van der Waals surface area contributed by atoms with E-state index in [-0.39, 0.29) is 11.7 Å². The zero-order valence-electron chi connectivity index (χ0n) is 15.9. The van der Waals surface area contributed by atoms with E-state index in [9.17, 15) is 9.18 Å². The van der Waals surface area contributed by atoms with Gasteiger partial charge in [-0.15, -0.1) is 16.4 Å². The van der Waals surface area contributed by atoms with Gasteiger partial charge in [-0.1, -0.05) is 12.1 Å². The highest BCUT2D eigenvalue weighted by molar-refractivity contribution is 7.09. The molecule has 0 spiro atoms. The number of aromatic nitrogens is 5. The van der Waals surface area contributed by atoms with Gasteiger partial charge in [-0.05, 0) is 61.2 Å². The molecule has 3 rings (SSSR count). The van der Waals surface area contributed by atoms with E-state index in [0.717, 1.165) is 35.5 Å². The predicted molar refractivity (Wildman–Crippen MR) is 104 cm³/mol. The lowest BCUT2D eigenvalue weighted by Gasteiger charge is -2.17. The largest absolute Gasteiger partial charge is 0.354 e. The van der Waals surface area contributed by atoms with Gasteiger partial charge in [-0.25, -0.2) is 14.1 Å². The van der Waals surface area contributed by atoms with Crippen LogP contribution in [-0.4, -0.2) is 37.6 Å². The zero-order valence-corrected chi connectivity index (χ0v) is 16.7. The smallest absolute Gasteiger partial charge is 0.245 e.